The molecule has 9 heteroatoms. The number of hydrogen-bond acceptors (Lipinski definition) is 5. The van der Waals surface area contributed by atoms with E-state index in [0.717, 1.165) is 64.2 Å². The van der Waals surface area contributed by atoms with Gasteiger partial charge in [-0.2, -0.15) is 0 Å². The van der Waals surface area contributed by atoms with Gasteiger partial charge in [0, 0.05) is 6.42 Å². The van der Waals surface area contributed by atoms with Gasteiger partial charge in [-0.1, -0.05) is 273 Å². The van der Waals surface area contributed by atoms with E-state index in [2.05, 4.69) is 79.9 Å². The number of rotatable bonds is 57. The highest BCUT2D eigenvalue weighted by atomic mass is 31.2. The van der Waals surface area contributed by atoms with E-state index in [1.807, 2.05) is 27.2 Å². The number of unbranched alkanes of at least 4 members (excludes halogenated alkanes) is 34. The number of quaternary nitrogens is 1. The second kappa shape index (κ2) is 55.7. The summed E-state index contributed by atoms with van der Waals surface area (Å²) in [4.78, 5) is 23.2. The van der Waals surface area contributed by atoms with E-state index in [4.69, 9.17) is 9.05 Å². The fourth-order valence-corrected chi connectivity index (χ4v) is 9.71. The van der Waals surface area contributed by atoms with Gasteiger partial charge in [-0.05, 0) is 77.0 Å². The Hall–Kier alpha value is -2.06. The predicted octanol–water partition coefficient (Wildman–Crippen LogP) is 19.4. The molecule has 3 N–H and O–H groups in total. The highest BCUT2D eigenvalue weighted by Crippen LogP contribution is 2.43. The van der Waals surface area contributed by atoms with Crippen LogP contribution in [0.4, 0.5) is 0 Å². The van der Waals surface area contributed by atoms with Gasteiger partial charge in [-0.25, -0.2) is 4.57 Å². The number of phosphoric ester groups is 1. The van der Waals surface area contributed by atoms with Crippen LogP contribution in [-0.4, -0.2) is 73.4 Å². The van der Waals surface area contributed by atoms with E-state index in [1.54, 1.807) is 6.08 Å². The maximum atomic E-state index is 12.9. The van der Waals surface area contributed by atoms with Crippen LogP contribution in [0, 0.1) is 0 Å². The molecule has 0 rings (SSSR count). The predicted molar refractivity (Wildman–Crippen MR) is 323 cm³/mol. The number of carbonyl (C=O) groups excluding carboxylic acids is 1. The van der Waals surface area contributed by atoms with Gasteiger partial charge in [0.2, 0.25) is 5.91 Å². The largest absolute Gasteiger partial charge is 0.472 e. The minimum absolute atomic E-state index is 0.0528. The Morgan fingerprint density at radius 1 is 0.459 bits per heavy atom. The topological polar surface area (TPSA) is 105 Å². The molecule has 3 atom stereocenters. The summed E-state index contributed by atoms with van der Waals surface area (Å²) in [5, 5.41) is 13.8. The quantitative estimate of drug-likeness (QED) is 0.0243. The number of nitrogens with zero attached hydrogens (tertiary/aromatic N) is 1. The summed E-state index contributed by atoms with van der Waals surface area (Å²) < 4.78 is 23.6. The highest BCUT2D eigenvalue weighted by Gasteiger charge is 2.27. The fraction of sp³-hybridized carbons (Fsp3) is 0.800. The second-order valence-electron chi connectivity index (χ2n) is 22.4. The molecule has 0 fully saturated rings. The number of phosphoric acid groups is 1. The Kier molecular flexibility index (Phi) is 54.1. The summed E-state index contributed by atoms with van der Waals surface area (Å²) >= 11 is 0. The molecule has 432 valence electrons. The van der Waals surface area contributed by atoms with Crippen LogP contribution in [0.5, 0.6) is 0 Å². The van der Waals surface area contributed by atoms with Crippen LogP contribution in [-0.2, 0) is 18.4 Å². The van der Waals surface area contributed by atoms with Crippen LogP contribution in [0.3, 0.4) is 0 Å². The third-order valence-electron chi connectivity index (χ3n) is 13.9. The molecule has 74 heavy (non-hydrogen) atoms. The third kappa shape index (κ3) is 57.6. The molecule has 3 unspecified atom stereocenters. The summed E-state index contributed by atoms with van der Waals surface area (Å²) in [7, 11) is 1.55. The van der Waals surface area contributed by atoms with Crippen LogP contribution >= 0.6 is 7.82 Å². The second-order valence-corrected chi connectivity index (χ2v) is 23.9. The van der Waals surface area contributed by atoms with E-state index in [9.17, 15) is 19.4 Å². The Labute approximate surface area is 459 Å². The lowest BCUT2D eigenvalue weighted by Crippen LogP contribution is -2.45. The first-order chi connectivity index (χ1) is 36.0. The van der Waals surface area contributed by atoms with Crippen molar-refractivity contribution < 1.29 is 32.9 Å². The van der Waals surface area contributed by atoms with E-state index >= 15 is 0 Å². The number of aliphatic hydroxyl groups excluding tert-OH is 1. The first kappa shape index (κ1) is 71.9. The van der Waals surface area contributed by atoms with Crippen molar-refractivity contribution in [2.45, 2.75) is 296 Å². The summed E-state index contributed by atoms with van der Waals surface area (Å²) in [6.45, 7) is 4.71. The first-order valence-electron chi connectivity index (χ1n) is 31.3. The highest BCUT2D eigenvalue weighted by molar-refractivity contribution is 7.47. The van der Waals surface area contributed by atoms with Crippen molar-refractivity contribution in [3.05, 3.63) is 72.9 Å². The van der Waals surface area contributed by atoms with Crippen molar-refractivity contribution in [3.8, 4) is 0 Å². The number of aliphatic hydroxyl groups is 1. The normalized spacial score (nSPS) is 14.3. The lowest BCUT2D eigenvalue weighted by Gasteiger charge is -2.25. The molecule has 0 aromatic carbocycles. The lowest BCUT2D eigenvalue weighted by atomic mass is 10.0. The van der Waals surface area contributed by atoms with E-state index in [-0.39, 0.29) is 19.1 Å². The third-order valence-corrected chi connectivity index (χ3v) is 14.8. The molecule has 8 nitrogen and oxygen atoms in total. The number of nitrogens with one attached hydrogen (secondary N) is 1. The van der Waals surface area contributed by atoms with Crippen LogP contribution < -0.4 is 5.32 Å². The van der Waals surface area contributed by atoms with Crippen molar-refractivity contribution in [2.24, 2.45) is 0 Å². The number of carbonyl (C=O) groups is 1. The van der Waals surface area contributed by atoms with Crippen LogP contribution in [0.1, 0.15) is 284 Å². The molecule has 0 aromatic rings. The molecule has 0 aliphatic heterocycles. The van der Waals surface area contributed by atoms with Gasteiger partial charge in [-0.3, -0.25) is 13.8 Å². The van der Waals surface area contributed by atoms with Crippen LogP contribution in [0.15, 0.2) is 72.9 Å². The van der Waals surface area contributed by atoms with Crippen molar-refractivity contribution in [1.29, 1.82) is 0 Å². The van der Waals surface area contributed by atoms with Crippen molar-refractivity contribution >= 4 is 13.7 Å². The summed E-state index contributed by atoms with van der Waals surface area (Å²) in [6, 6.07) is -0.869. The first-order valence-corrected chi connectivity index (χ1v) is 32.8. The molecule has 0 aliphatic rings. The summed E-state index contributed by atoms with van der Waals surface area (Å²) in [5.41, 5.74) is 0. The number of likely N-dealkylation sites (N-methyl/N-ethyl adjacent to an activating group) is 1. The molecule has 0 saturated heterocycles. The maximum Gasteiger partial charge on any atom is 0.472 e. The van der Waals surface area contributed by atoms with Gasteiger partial charge in [0.15, 0.2) is 0 Å². The average Bonchev–Trinajstić information content (AvgIpc) is 3.36. The van der Waals surface area contributed by atoms with Crippen molar-refractivity contribution in [3.63, 3.8) is 0 Å². The molecule has 0 saturated carbocycles. The molecular weight excluding hydrogens is 936 g/mol. The molecule has 0 bridgehead atoms. The zero-order valence-corrected chi connectivity index (χ0v) is 50.2. The monoisotopic (exact) mass is 1060 g/mol. The van der Waals surface area contributed by atoms with Gasteiger partial charge >= 0.3 is 7.82 Å². The van der Waals surface area contributed by atoms with Crippen molar-refractivity contribution in [2.75, 3.05) is 40.9 Å². The number of hydrogen-bond donors (Lipinski definition) is 3. The smallest absolute Gasteiger partial charge is 0.387 e. The zero-order valence-electron chi connectivity index (χ0n) is 49.3. The maximum absolute atomic E-state index is 12.9. The van der Waals surface area contributed by atoms with Gasteiger partial charge in [0.25, 0.3) is 0 Å². The molecule has 1 amide bonds. The van der Waals surface area contributed by atoms with Gasteiger partial charge in [0.05, 0.1) is 39.9 Å². The summed E-state index contributed by atoms with van der Waals surface area (Å²) in [5.74, 6) is -0.190. The SMILES string of the molecule is CCC/C=C/CC/C=C/CC/C=C/C(O)C(COP(=O)(O)OCC[N+](C)(C)C)NC(=O)CCCCCCCCCCCCCCCCCCCCCCCCCCCC/C=C\C/C=C\C/C=C\CCCCCCC. The lowest BCUT2D eigenvalue weighted by molar-refractivity contribution is -0.870. The zero-order chi connectivity index (χ0) is 54.2. The standard InChI is InChI=1S/C65H121N2O6P/c1-6-8-10-12-14-16-18-19-20-21-22-23-24-25-26-27-28-29-30-31-32-33-34-35-36-37-38-39-40-41-42-43-44-45-46-47-49-51-53-55-57-59-65(69)66-63(62-73-74(70,71)72-61-60-67(3,4)5)64(68)58-56-54-52-50-48-17-15-13-11-9-7-2/h11,13,18-19,21-22,24-25,48,50,56,58,63-64,68H,6-10,12,14-17,20,23,26-47,49,51-55,57,59-62H2,1-5H3,(H-,66,69,70,71)/p+1/b13-11+,19-18-,22-21-,25-24-,50-48+,58-56+. The van der Waals surface area contributed by atoms with Gasteiger partial charge in [-0.15, -0.1) is 0 Å². The Bertz CT molecular complexity index is 1430. The van der Waals surface area contributed by atoms with E-state index < -0.39 is 20.0 Å². The minimum atomic E-state index is -4.35. The number of amides is 1. The number of allylic oxidation sites excluding steroid dienone is 11. The van der Waals surface area contributed by atoms with Gasteiger partial charge < -0.3 is 19.8 Å². The minimum Gasteiger partial charge on any atom is -0.387 e. The molecule has 0 radical (unpaired) electrons. The molecule has 0 aliphatic carbocycles. The summed E-state index contributed by atoms with van der Waals surface area (Å²) in [6.07, 6.45) is 77.8. The van der Waals surface area contributed by atoms with Crippen LogP contribution in [0.25, 0.3) is 0 Å². The molecular formula is C65H122N2O6P+. The van der Waals surface area contributed by atoms with Crippen molar-refractivity contribution in [1.82, 2.24) is 5.32 Å². The van der Waals surface area contributed by atoms with Crippen LogP contribution in [0.2, 0.25) is 0 Å². The Morgan fingerprint density at radius 3 is 1.22 bits per heavy atom. The van der Waals surface area contributed by atoms with E-state index in [1.165, 1.54) is 199 Å². The van der Waals surface area contributed by atoms with E-state index in [0.29, 0.717) is 17.4 Å². The average molecular weight is 1060 g/mol. The Balaban J connectivity index is 3.83. The Morgan fingerprint density at radius 2 is 0.811 bits per heavy atom. The molecule has 0 spiro atoms. The molecule has 0 aromatic heterocycles. The molecule has 0 heterocycles. The van der Waals surface area contributed by atoms with Gasteiger partial charge in [0.1, 0.15) is 13.2 Å². The fourth-order valence-electron chi connectivity index (χ4n) is 8.97.